The summed E-state index contributed by atoms with van der Waals surface area (Å²) in [5, 5.41) is -0.0732. The number of aromatic nitrogens is 1. The molecule has 0 radical (unpaired) electrons. The van der Waals surface area contributed by atoms with Crippen LogP contribution >= 0.6 is 11.6 Å². The molecular weight excluding hydrogens is 186 g/mol. The fraction of sp³-hybridized carbons (Fsp3) is 0.286. The molecule has 0 unspecified atom stereocenters. The Balaban J connectivity index is 3.23. The van der Waals surface area contributed by atoms with Gasteiger partial charge in [-0.05, 0) is 18.6 Å². The summed E-state index contributed by atoms with van der Waals surface area (Å²) in [5.41, 5.74) is 5.61. The molecule has 0 saturated carbocycles. The van der Waals surface area contributed by atoms with Gasteiger partial charge in [-0.1, -0.05) is 11.6 Å². The van der Waals surface area contributed by atoms with E-state index in [1.165, 1.54) is 13.0 Å². The zero-order chi connectivity index (χ0) is 9.30. The molecule has 0 spiro atoms. The van der Waals surface area contributed by atoms with Gasteiger partial charge in [0.1, 0.15) is 5.69 Å². The Bertz CT molecular complexity index is 302. The molecule has 0 aromatic carbocycles. The highest BCUT2D eigenvalue weighted by atomic mass is 35.5. The lowest BCUT2D eigenvalue weighted by molar-refractivity contribution is 0.145. The molecular formula is C7H7ClF2N2. The van der Waals surface area contributed by atoms with E-state index in [1.54, 1.807) is 0 Å². The first-order valence-electron chi connectivity index (χ1n) is 3.23. The van der Waals surface area contributed by atoms with E-state index in [4.69, 9.17) is 17.3 Å². The van der Waals surface area contributed by atoms with Crippen LogP contribution in [0, 0.1) is 6.92 Å². The zero-order valence-electron chi connectivity index (χ0n) is 6.31. The highest BCUT2D eigenvalue weighted by Crippen LogP contribution is 2.25. The maximum Gasteiger partial charge on any atom is 0.280 e. The Labute approximate surface area is 73.4 Å². The van der Waals surface area contributed by atoms with Crippen molar-refractivity contribution in [3.63, 3.8) is 0 Å². The fourth-order valence-electron chi connectivity index (χ4n) is 0.846. The Kier molecular flexibility index (Phi) is 2.47. The topological polar surface area (TPSA) is 38.9 Å². The van der Waals surface area contributed by atoms with Crippen LogP contribution in [0.5, 0.6) is 0 Å². The van der Waals surface area contributed by atoms with Crippen molar-refractivity contribution in [2.75, 3.05) is 5.73 Å². The number of nitrogens with two attached hydrogens (primary N) is 1. The van der Waals surface area contributed by atoms with E-state index in [-0.39, 0.29) is 16.5 Å². The van der Waals surface area contributed by atoms with Gasteiger partial charge in [0.25, 0.3) is 6.43 Å². The Morgan fingerprint density at radius 2 is 2.17 bits per heavy atom. The molecule has 0 aliphatic rings. The lowest BCUT2D eigenvalue weighted by Gasteiger charge is -2.05. The Hall–Kier alpha value is -0.900. The highest BCUT2D eigenvalue weighted by molar-refractivity contribution is 6.31. The average Bonchev–Trinajstić information content (AvgIpc) is 1.96. The SMILES string of the molecule is Cc1cc(N)c(Cl)nc1C(F)F. The van der Waals surface area contributed by atoms with Gasteiger partial charge in [-0.3, -0.25) is 0 Å². The van der Waals surface area contributed by atoms with Crippen LogP contribution in [-0.4, -0.2) is 4.98 Å². The second kappa shape index (κ2) is 3.23. The molecule has 0 bridgehead atoms. The zero-order valence-corrected chi connectivity index (χ0v) is 7.07. The first kappa shape index (κ1) is 9.19. The summed E-state index contributed by atoms with van der Waals surface area (Å²) in [7, 11) is 0. The molecule has 1 aromatic rings. The van der Waals surface area contributed by atoms with Crippen molar-refractivity contribution in [3.05, 3.63) is 22.5 Å². The lowest BCUT2D eigenvalue weighted by Crippen LogP contribution is -1.98. The number of alkyl halides is 2. The van der Waals surface area contributed by atoms with Crippen LogP contribution < -0.4 is 5.73 Å². The number of hydrogen-bond acceptors (Lipinski definition) is 2. The monoisotopic (exact) mass is 192 g/mol. The summed E-state index contributed by atoms with van der Waals surface area (Å²) in [4.78, 5) is 3.46. The number of rotatable bonds is 1. The maximum absolute atomic E-state index is 12.2. The standard InChI is InChI=1S/C7H7ClF2N2/c1-3-2-4(11)6(8)12-5(3)7(9)10/h2,7H,11H2,1H3. The summed E-state index contributed by atoms with van der Waals surface area (Å²) in [5.74, 6) is 0. The highest BCUT2D eigenvalue weighted by Gasteiger charge is 2.14. The number of aryl methyl sites for hydroxylation is 1. The van der Waals surface area contributed by atoms with E-state index in [2.05, 4.69) is 4.98 Å². The summed E-state index contributed by atoms with van der Waals surface area (Å²) >= 11 is 5.46. The number of nitrogens with zero attached hydrogens (tertiary/aromatic N) is 1. The smallest absolute Gasteiger partial charge is 0.280 e. The molecule has 1 rings (SSSR count). The van der Waals surface area contributed by atoms with Crippen LogP contribution in [0.1, 0.15) is 17.7 Å². The van der Waals surface area contributed by atoms with Crippen molar-refractivity contribution in [2.45, 2.75) is 13.3 Å². The minimum Gasteiger partial charge on any atom is -0.396 e. The average molecular weight is 193 g/mol. The van der Waals surface area contributed by atoms with E-state index in [0.717, 1.165) is 0 Å². The molecule has 2 nitrogen and oxygen atoms in total. The van der Waals surface area contributed by atoms with Gasteiger partial charge < -0.3 is 5.73 Å². The van der Waals surface area contributed by atoms with Gasteiger partial charge in [0, 0.05) is 0 Å². The third-order valence-corrected chi connectivity index (χ3v) is 1.74. The Morgan fingerprint density at radius 3 is 2.67 bits per heavy atom. The van der Waals surface area contributed by atoms with Crippen LogP contribution in [0.25, 0.3) is 0 Å². The molecule has 66 valence electrons. The van der Waals surface area contributed by atoms with Gasteiger partial charge in [0.05, 0.1) is 5.69 Å². The van der Waals surface area contributed by atoms with Crippen LogP contribution in [0.15, 0.2) is 6.07 Å². The van der Waals surface area contributed by atoms with E-state index >= 15 is 0 Å². The van der Waals surface area contributed by atoms with Crippen LogP contribution in [0.4, 0.5) is 14.5 Å². The van der Waals surface area contributed by atoms with E-state index in [1.807, 2.05) is 0 Å². The van der Waals surface area contributed by atoms with Gasteiger partial charge in [0.2, 0.25) is 0 Å². The number of halogens is 3. The van der Waals surface area contributed by atoms with Gasteiger partial charge in [0.15, 0.2) is 5.15 Å². The summed E-state index contributed by atoms with van der Waals surface area (Å²) in [6.07, 6.45) is -2.61. The van der Waals surface area contributed by atoms with Crippen LogP contribution in [0.3, 0.4) is 0 Å². The predicted octanol–water partition coefficient (Wildman–Crippen LogP) is 2.56. The van der Waals surface area contributed by atoms with Gasteiger partial charge in [-0.2, -0.15) is 0 Å². The lowest BCUT2D eigenvalue weighted by atomic mass is 10.2. The molecule has 0 fully saturated rings. The first-order valence-corrected chi connectivity index (χ1v) is 3.61. The number of anilines is 1. The van der Waals surface area contributed by atoms with Crippen molar-refractivity contribution in [2.24, 2.45) is 0 Å². The van der Waals surface area contributed by atoms with Crippen molar-refractivity contribution < 1.29 is 8.78 Å². The second-order valence-corrected chi connectivity index (χ2v) is 2.73. The van der Waals surface area contributed by atoms with Crippen LogP contribution in [-0.2, 0) is 0 Å². The summed E-state index contributed by atoms with van der Waals surface area (Å²) in [6.45, 7) is 1.52. The fourth-order valence-corrected chi connectivity index (χ4v) is 0.992. The van der Waals surface area contributed by atoms with Crippen molar-refractivity contribution in [1.29, 1.82) is 0 Å². The summed E-state index contributed by atoms with van der Waals surface area (Å²) in [6, 6.07) is 1.39. The quantitative estimate of drug-likeness (QED) is 0.695. The summed E-state index contributed by atoms with van der Waals surface area (Å²) < 4.78 is 24.4. The molecule has 0 amide bonds. The van der Waals surface area contributed by atoms with Crippen molar-refractivity contribution in [3.8, 4) is 0 Å². The molecule has 0 aliphatic heterocycles. The molecule has 12 heavy (non-hydrogen) atoms. The minimum atomic E-state index is -2.61. The molecule has 2 N–H and O–H groups in total. The molecule has 5 heteroatoms. The minimum absolute atomic E-state index is 0.0732. The third-order valence-electron chi connectivity index (χ3n) is 1.44. The normalized spacial score (nSPS) is 10.8. The van der Waals surface area contributed by atoms with Gasteiger partial charge in [-0.15, -0.1) is 0 Å². The number of hydrogen-bond donors (Lipinski definition) is 1. The van der Waals surface area contributed by atoms with Crippen LogP contribution in [0.2, 0.25) is 5.15 Å². The largest absolute Gasteiger partial charge is 0.396 e. The Morgan fingerprint density at radius 1 is 1.58 bits per heavy atom. The van der Waals surface area contributed by atoms with Crippen molar-refractivity contribution >= 4 is 17.3 Å². The number of nitrogen functional groups attached to an aromatic ring is 1. The molecule has 0 saturated heterocycles. The number of pyridine rings is 1. The molecule has 1 aromatic heterocycles. The predicted molar refractivity (Wildman–Crippen MR) is 43.4 cm³/mol. The first-order chi connectivity index (χ1) is 5.52. The van der Waals surface area contributed by atoms with Crippen molar-refractivity contribution in [1.82, 2.24) is 4.98 Å². The molecule has 0 aliphatic carbocycles. The van der Waals surface area contributed by atoms with E-state index < -0.39 is 6.43 Å². The molecule has 1 heterocycles. The van der Waals surface area contributed by atoms with E-state index in [0.29, 0.717) is 5.56 Å². The third kappa shape index (κ3) is 1.64. The molecule has 0 atom stereocenters. The maximum atomic E-state index is 12.2. The second-order valence-electron chi connectivity index (χ2n) is 2.37. The van der Waals surface area contributed by atoms with Gasteiger partial charge in [-0.25, -0.2) is 13.8 Å². The van der Waals surface area contributed by atoms with E-state index in [9.17, 15) is 8.78 Å². The van der Waals surface area contributed by atoms with Gasteiger partial charge >= 0.3 is 0 Å².